The molecule has 0 amide bonds. The van der Waals surface area contributed by atoms with Crippen molar-refractivity contribution in [2.45, 2.75) is 0 Å². The third kappa shape index (κ3) is 4.11. The van der Waals surface area contributed by atoms with Crippen molar-refractivity contribution in [3.8, 4) is 11.8 Å². The average molecular weight is 260 g/mol. The molecule has 1 rings (SSSR count). The third-order valence-electron chi connectivity index (χ3n) is 1.57. The molecule has 16 heavy (non-hydrogen) atoms. The van der Waals surface area contributed by atoms with E-state index in [-0.39, 0.29) is 12.3 Å². The Morgan fingerprint density at radius 3 is 2.75 bits per heavy atom. The molecule has 0 heterocycles. The molecule has 0 unspecified atom stereocenters. The summed E-state index contributed by atoms with van der Waals surface area (Å²) in [5, 5.41) is 8.82. The number of sulfonamides is 1. The Bertz CT molecular complexity index is 543. The normalized spacial score (nSPS) is 10.4. The van der Waals surface area contributed by atoms with Crippen LogP contribution in [0, 0.1) is 11.8 Å². The minimum atomic E-state index is -3.37. The van der Waals surface area contributed by atoms with Crippen LogP contribution in [0.15, 0.2) is 18.2 Å². The van der Waals surface area contributed by atoms with Gasteiger partial charge in [0.15, 0.2) is 0 Å². The second-order valence-corrected chi connectivity index (χ2v) is 5.18. The molecule has 0 spiro atoms. The van der Waals surface area contributed by atoms with Crippen molar-refractivity contribution in [1.29, 1.82) is 0 Å². The van der Waals surface area contributed by atoms with Gasteiger partial charge in [0.2, 0.25) is 10.0 Å². The summed E-state index contributed by atoms with van der Waals surface area (Å²) in [4.78, 5) is 0. The summed E-state index contributed by atoms with van der Waals surface area (Å²) < 4.78 is 24.3. The van der Waals surface area contributed by atoms with Crippen LogP contribution in [0.2, 0.25) is 5.02 Å². The van der Waals surface area contributed by atoms with E-state index in [0.29, 0.717) is 10.6 Å². The molecule has 1 aromatic rings. The topological polar surface area (TPSA) is 66.4 Å². The van der Waals surface area contributed by atoms with Crippen LogP contribution in [0.5, 0.6) is 0 Å². The number of halogens is 1. The van der Waals surface area contributed by atoms with Crippen LogP contribution in [0.3, 0.4) is 0 Å². The van der Waals surface area contributed by atoms with E-state index in [9.17, 15) is 8.42 Å². The highest BCUT2D eigenvalue weighted by atomic mass is 35.5. The summed E-state index contributed by atoms with van der Waals surface area (Å²) in [6.45, 7) is -0.253. The molecule has 0 saturated heterocycles. The minimum absolute atomic E-state index is 0.253. The number of aliphatic hydroxyl groups is 1. The fraction of sp³-hybridized carbons (Fsp3) is 0.200. The Kier molecular flexibility index (Phi) is 4.19. The van der Waals surface area contributed by atoms with Crippen molar-refractivity contribution >= 4 is 27.3 Å². The second kappa shape index (κ2) is 5.21. The lowest BCUT2D eigenvalue weighted by molar-refractivity contribution is 0.350. The number of hydrogen-bond acceptors (Lipinski definition) is 3. The van der Waals surface area contributed by atoms with E-state index in [2.05, 4.69) is 16.6 Å². The first-order valence-electron chi connectivity index (χ1n) is 4.29. The Balaban J connectivity index is 3.09. The van der Waals surface area contributed by atoms with Crippen LogP contribution in [0.1, 0.15) is 5.56 Å². The molecular weight excluding hydrogens is 250 g/mol. The van der Waals surface area contributed by atoms with Gasteiger partial charge in [-0.1, -0.05) is 23.4 Å². The Labute approximate surface area is 99.3 Å². The van der Waals surface area contributed by atoms with E-state index in [4.69, 9.17) is 16.7 Å². The SMILES string of the molecule is CS(=O)(=O)Nc1cc(C#CCO)ccc1Cl. The van der Waals surface area contributed by atoms with Gasteiger partial charge in [0.25, 0.3) is 0 Å². The largest absolute Gasteiger partial charge is 0.384 e. The maximum Gasteiger partial charge on any atom is 0.229 e. The van der Waals surface area contributed by atoms with Gasteiger partial charge in [0.05, 0.1) is 17.0 Å². The van der Waals surface area contributed by atoms with Crippen molar-refractivity contribution in [2.24, 2.45) is 0 Å². The van der Waals surface area contributed by atoms with Crippen LogP contribution in [0.4, 0.5) is 5.69 Å². The van der Waals surface area contributed by atoms with Crippen LogP contribution in [0.25, 0.3) is 0 Å². The van der Waals surface area contributed by atoms with Crippen LogP contribution < -0.4 is 4.72 Å². The van der Waals surface area contributed by atoms with Gasteiger partial charge in [-0.15, -0.1) is 0 Å². The van der Waals surface area contributed by atoms with Crippen molar-refractivity contribution in [1.82, 2.24) is 0 Å². The summed E-state index contributed by atoms with van der Waals surface area (Å²) in [5.41, 5.74) is 0.846. The molecule has 6 heteroatoms. The van der Waals surface area contributed by atoms with E-state index in [1.165, 1.54) is 12.1 Å². The highest BCUT2D eigenvalue weighted by Gasteiger charge is 2.06. The van der Waals surface area contributed by atoms with E-state index >= 15 is 0 Å². The van der Waals surface area contributed by atoms with Gasteiger partial charge in [-0.05, 0) is 18.2 Å². The molecule has 4 nitrogen and oxygen atoms in total. The zero-order valence-corrected chi connectivity index (χ0v) is 10.1. The predicted octanol–water partition coefficient (Wildman–Crippen LogP) is 1.06. The lowest BCUT2D eigenvalue weighted by Gasteiger charge is -2.06. The monoisotopic (exact) mass is 259 g/mol. The lowest BCUT2D eigenvalue weighted by Crippen LogP contribution is -2.10. The first-order valence-corrected chi connectivity index (χ1v) is 6.56. The summed E-state index contributed by atoms with van der Waals surface area (Å²) in [5.74, 6) is 5.11. The number of benzene rings is 1. The second-order valence-electron chi connectivity index (χ2n) is 3.03. The minimum Gasteiger partial charge on any atom is -0.384 e. The van der Waals surface area contributed by atoms with Crippen molar-refractivity contribution in [3.63, 3.8) is 0 Å². The number of hydrogen-bond donors (Lipinski definition) is 2. The molecule has 0 aliphatic heterocycles. The van der Waals surface area contributed by atoms with Gasteiger partial charge in [-0.3, -0.25) is 4.72 Å². The molecule has 1 aromatic carbocycles. The zero-order chi connectivity index (χ0) is 12.2. The molecule has 0 bridgehead atoms. The molecule has 2 N–H and O–H groups in total. The van der Waals surface area contributed by atoms with Gasteiger partial charge in [-0.25, -0.2) is 8.42 Å². The quantitative estimate of drug-likeness (QED) is 0.781. The number of rotatable bonds is 2. The molecule has 86 valence electrons. The molecule has 0 aliphatic carbocycles. The fourth-order valence-electron chi connectivity index (χ4n) is 1.02. The first kappa shape index (κ1) is 12.8. The van der Waals surface area contributed by atoms with E-state index < -0.39 is 10.0 Å². The highest BCUT2D eigenvalue weighted by Crippen LogP contribution is 2.23. The van der Waals surface area contributed by atoms with E-state index in [1.807, 2.05) is 0 Å². The van der Waals surface area contributed by atoms with Crippen molar-refractivity contribution < 1.29 is 13.5 Å². The Morgan fingerprint density at radius 2 is 2.19 bits per heavy atom. The van der Waals surface area contributed by atoms with Gasteiger partial charge in [-0.2, -0.15) is 0 Å². The fourth-order valence-corrected chi connectivity index (χ4v) is 1.81. The predicted molar refractivity (Wildman–Crippen MR) is 63.9 cm³/mol. The Hall–Kier alpha value is -1.22. The van der Waals surface area contributed by atoms with Crippen molar-refractivity contribution in [2.75, 3.05) is 17.6 Å². The number of nitrogens with one attached hydrogen (secondary N) is 1. The Morgan fingerprint density at radius 1 is 1.50 bits per heavy atom. The summed E-state index contributed by atoms with van der Waals surface area (Å²) in [7, 11) is -3.37. The first-order chi connectivity index (χ1) is 7.42. The maximum atomic E-state index is 11.0. The van der Waals surface area contributed by atoms with Crippen LogP contribution >= 0.6 is 11.6 Å². The molecule has 0 saturated carbocycles. The standard InChI is InChI=1S/C10H10ClNO3S/c1-16(14,15)12-10-7-8(3-2-6-13)4-5-9(10)11/h4-5,7,12-13H,6H2,1H3. The molecule has 0 fully saturated rings. The summed E-state index contributed by atoms with van der Waals surface area (Å²) in [6, 6.07) is 4.68. The highest BCUT2D eigenvalue weighted by molar-refractivity contribution is 7.92. The lowest BCUT2D eigenvalue weighted by atomic mass is 10.2. The number of aliphatic hydroxyl groups excluding tert-OH is 1. The van der Waals surface area contributed by atoms with Crippen LogP contribution in [-0.4, -0.2) is 26.4 Å². The molecule has 0 aliphatic rings. The summed E-state index contributed by atoms with van der Waals surface area (Å²) in [6.07, 6.45) is 1.04. The number of anilines is 1. The van der Waals surface area contributed by atoms with Crippen LogP contribution in [-0.2, 0) is 10.0 Å². The van der Waals surface area contributed by atoms with Gasteiger partial charge in [0, 0.05) is 5.56 Å². The average Bonchev–Trinajstić information content (AvgIpc) is 2.17. The van der Waals surface area contributed by atoms with Gasteiger partial charge >= 0.3 is 0 Å². The van der Waals surface area contributed by atoms with Gasteiger partial charge < -0.3 is 5.11 Å². The molecule has 0 radical (unpaired) electrons. The van der Waals surface area contributed by atoms with E-state index in [1.54, 1.807) is 6.07 Å². The van der Waals surface area contributed by atoms with E-state index in [0.717, 1.165) is 6.26 Å². The molecule has 0 atom stereocenters. The maximum absolute atomic E-state index is 11.0. The molecule has 0 aromatic heterocycles. The summed E-state index contributed by atoms with van der Waals surface area (Å²) >= 11 is 5.81. The smallest absolute Gasteiger partial charge is 0.229 e. The van der Waals surface area contributed by atoms with Crippen molar-refractivity contribution in [3.05, 3.63) is 28.8 Å². The third-order valence-corrected chi connectivity index (χ3v) is 2.49. The van der Waals surface area contributed by atoms with Gasteiger partial charge in [0.1, 0.15) is 6.61 Å². The zero-order valence-electron chi connectivity index (χ0n) is 8.49. The molecular formula is C10H10ClNO3S.